The average Bonchev–Trinajstić information content (AvgIpc) is 3.18. The fourth-order valence-electron chi connectivity index (χ4n) is 4.06. The summed E-state index contributed by atoms with van der Waals surface area (Å²) in [6.07, 6.45) is 3.49. The van der Waals surface area contributed by atoms with E-state index in [1.165, 1.54) is 6.07 Å². The number of aliphatic imine (C=N–C) groups is 2. The molecule has 0 fully saturated rings. The normalized spacial score (nSPS) is 15.3. The van der Waals surface area contributed by atoms with Crippen LogP contribution in [0.2, 0.25) is 0 Å². The molecule has 0 amide bonds. The van der Waals surface area contributed by atoms with Gasteiger partial charge in [0.1, 0.15) is 0 Å². The van der Waals surface area contributed by atoms with Crippen LogP contribution in [0.4, 0.5) is 17.1 Å². The second-order valence-corrected chi connectivity index (χ2v) is 7.63. The molecule has 1 heterocycles. The van der Waals surface area contributed by atoms with Crippen molar-refractivity contribution in [3.63, 3.8) is 0 Å². The molecule has 160 valence electrons. The number of para-hydroxylation sites is 1. The van der Waals surface area contributed by atoms with Gasteiger partial charge in [-0.25, -0.2) is 4.99 Å². The topological polar surface area (TPSA) is 111 Å². The van der Waals surface area contributed by atoms with Gasteiger partial charge in [0, 0.05) is 22.9 Å². The fraction of sp³-hybridized carbons (Fsp3) is 0.0400. The van der Waals surface area contributed by atoms with Gasteiger partial charge < -0.3 is 0 Å². The molecule has 8 nitrogen and oxygen atoms in total. The van der Waals surface area contributed by atoms with Gasteiger partial charge in [-0.1, -0.05) is 48.5 Å². The molecular weight excluding hydrogens is 420 g/mol. The highest BCUT2D eigenvalue weighted by Gasteiger charge is 2.35. The van der Waals surface area contributed by atoms with Gasteiger partial charge in [-0.3, -0.25) is 25.2 Å². The summed E-state index contributed by atoms with van der Waals surface area (Å²) in [6, 6.07) is 19.9. The molecule has 0 N–H and O–H groups in total. The van der Waals surface area contributed by atoms with Crippen LogP contribution in [0.15, 0.2) is 94.1 Å². The van der Waals surface area contributed by atoms with Gasteiger partial charge in [0.25, 0.3) is 11.4 Å². The van der Waals surface area contributed by atoms with Gasteiger partial charge >= 0.3 is 0 Å². The molecule has 0 atom stereocenters. The van der Waals surface area contributed by atoms with E-state index in [1.807, 2.05) is 60.7 Å². The number of non-ortho nitro benzene ring substituents is 1. The van der Waals surface area contributed by atoms with Crippen LogP contribution in [0.1, 0.15) is 18.1 Å². The molecule has 8 heteroatoms. The first kappa shape index (κ1) is 20.2. The van der Waals surface area contributed by atoms with E-state index < -0.39 is 9.85 Å². The number of fused-ring (bicyclic) bond motifs is 3. The zero-order chi connectivity index (χ0) is 23.1. The number of hydrogen-bond donors (Lipinski definition) is 0. The van der Waals surface area contributed by atoms with Crippen LogP contribution in [0, 0.1) is 20.2 Å². The molecule has 0 saturated carbocycles. The van der Waals surface area contributed by atoms with Crippen molar-refractivity contribution in [3.8, 4) is 11.1 Å². The van der Waals surface area contributed by atoms with E-state index in [-0.39, 0.29) is 16.9 Å². The zero-order valence-corrected chi connectivity index (χ0v) is 17.4. The van der Waals surface area contributed by atoms with E-state index in [9.17, 15) is 20.2 Å². The highest BCUT2D eigenvalue weighted by molar-refractivity contribution is 6.41. The summed E-state index contributed by atoms with van der Waals surface area (Å²) in [5, 5.41) is 23.0. The summed E-state index contributed by atoms with van der Waals surface area (Å²) in [6.45, 7) is 1.79. The molecule has 33 heavy (non-hydrogen) atoms. The summed E-state index contributed by atoms with van der Waals surface area (Å²) in [5.74, 6) is 0. The zero-order valence-electron chi connectivity index (χ0n) is 17.4. The summed E-state index contributed by atoms with van der Waals surface area (Å²) in [7, 11) is 0. The maximum absolute atomic E-state index is 11.7. The minimum absolute atomic E-state index is 0.275. The number of benzene rings is 3. The smallest absolute Gasteiger partial charge is 0.258 e. The molecule has 0 radical (unpaired) electrons. The molecule has 0 unspecified atom stereocenters. The van der Waals surface area contributed by atoms with Gasteiger partial charge in [-0.15, -0.1) is 0 Å². The van der Waals surface area contributed by atoms with Crippen molar-refractivity contribution < 1.29 is 9.85 Å². The van der Waals surface area contributed by atoms with E-state index in [0.717, 1.165) is 22.9 Å². The first-order chi connectivity index (χ1) is 15.9. The van der Waals surface area contributed by atoms with Gasteiger partial charge in [0.2, 0.25) is 0 Å². The monoisotopic (exact) mass is 436 g/mol. The van der Waals surface area contributed by atoms with E-state index >= 15 is 0 Å². The maximum Gasteiger partial charge on any atom is 0.286 e. The van der Waals surface area contributed by atoms with Crippen LogP contribution in [0.5, 0.6) is 0 Å². The average molecular weight is 436 g/mol. The standard InChI is InChI=1S/C25H16N4O4/c1-15-11-22(27-21-10-6-5-9-19(21)16-7-3-2-4-8-16)20-13-17-12-18(28(30)31)14-23(29(32)33)24(17)25(20)26-15/h2-14H,1H3. The van der Waals surface area contributed by atoms with Crippen LogP contribution in [-0.4, -0.2) is 21.3 Å². The number of nitrogens with zero attached hydrogens (tertiary/aromatic N) is 4. The number of hydrogen-bond acceptors (Lipinski definition) is 6. The number of allylic oxidation sites excluding steroid dienone is 3. The third-order valence-corrected chi connectivity index (χ3v) is 5.47. The second kappa shape index (κ2) is 7.76. The third-order valence-electron chi connectivity index (χ3n) is 5.47. The molecule has 1 aliphatic heterocycles. The van der Waals surface area contributed by atoms with Crippen molar-refractivity contribution in [3.05, 3.63) is 115 Å². The van der Waals surface area contributed by atoms with Crippen molar-refractivity contribution in [1.82, 2.24) is 0 Å². The van der Waals surface area contributed by atoms with E-state index in [2.05, 4.69) is 4.99 Å². The Hall–Kier alpha value is -4.72. The summed E-state index contributed by atoms with van der Waals surface area (Å²) >= 11 is 0. The second-order valence-electron chi connectivity index (χ2n) is 7.63. The third kappa shape index (κ3) is 3.53. The Kier molecular flexibility index (Phi) is 4.75. The summed E-state index contributed by atoms with van der Waals surface area (Å²) in [4.78, 5) is 31.2. The van der Waals surface area contributed by atoms with Crippen LogP contribution >= 0.6 is 0 Å². The van der Waals surface area contributed by atoms with E-state index in [1.54, 1.807) is 13.0 Å². The molecule has 0 aromatic heterocycles. The van der Waals surface area contributed by atoms with Gasteiger partial charge in [0.05, 0.1) is 38.6 Å². The van der Waals surface area contributed by atoms with E-state index in [4.69, 9.17) is 4.99 Å². The van der Waals surface area contributed by atoms with E-state index in [0.29, 0.717) is 28.3 Å². The molecule has 0 spiro atoms. The van der Waals surface area contributed by atoms with Crippen LogP contribution in [-0.2, 0) is 0 Å². The Balaban J connectivity index is 1.68. The molecule has 0 saturated heterocycles. The van der Waals surface area contributed by atoms with Crippen molar-refractivity contribution in [1.29, 1.82) is 0 Å². The molecule has 3 aromatic carbocycles. The van der Waals surface area contributed by atoms with Gasteiger partial charge in [-0.05, 0) is 36.3 Å². The van der Waals surface area contributed by atoms with Crippen molar-refractivity contribution in [2.24, 2.45) is 9.98 Å². The minimum atomic E-state index is -0.635. The Labute approximate surface area is 188 Å². The lowest BCUT2D eigenvalue weighted by Gasteiger charge is -2.14. The largest absolute Gasteiger partial charge is 0.286 e. The van der Waals surface area contributed by atoms with Crippen molar-refractivity contribution >= 4 is 34.6 Å². The molecular formula is C25H16N4O4. The van der Waals surface area contributed by atoms with Crippen LogP contribution < -0.4 is 0 Å². The fourth-order valence-corrected chi connectivity index (χ4v) is 4.06. The first-order valence-corrected chi connectivity index (χ1v) is 10.1. The Morgan fingerprint density at radius 2 is 1.61 bits per heavy atom. The highest BCUT2D eigenvalue weighted by atomic mass is 16.6. The highest BCUT2D eigenvalue weighted by Crippen LogP contribution is 2.40. The van der Waals surface area contributed by atoms with Crippen LogP contribution in [0.3, 0.4) is 0 Å². The quantitative estimate of drug-likeness (QED) is 0.366. The molecule has 0 bridgehead atoms. The predicted molar refractivity (Wildman–Crippen MR) is 127 cm³/mol. The Morgan fingerprint density at radius 3 is 2.33 bits per heavy atom. The van der Waals surface area contributed by atoms with Gasteiger partial charge in [-0.2, -0.15) is 0 Å². The Bertz CT molecular complexity index is 1470. The molecule has 1 aliphatic carbocycles. The maximum atomic E-state index is 11.7. The lowest BCUT2D eigenvalue weighted by atomic mass is 9.98. The minimum Gasteiger partial charge on any atom is -0.258 e. The molecule has 2 aliphatic rings. The number of nitro benzene ring substituents is 2. The molecule has 5 rings (SSSR count). The molecule has 3 aromatic rings. The Morgan fingerprint density at radius 1 is 0.879 bits per heavy atom. The lowest BCUT2D eigenvalue weighted by Crippen LogP contribution is -2.15. The number of nitro groups is 2. The van der Waals surface area contributed by atoms with Crippen molar-refractivity contribution in [2.45, 2.75) is 6.92 Å². The SMILES string of the molecule is CC1=CC(=Nc2ccccc2-c2ccccc2)C2=Cc3cc([N+](=O)[O-])cc([N+](=O)[O-])c3C2=N1. The predicted octanol–water partition coefficient (Wildman–Crippen LogP) is 6.05. The summed E-state index contributed by atoms with van der Waals surface area (Å²) in [5.41, 5.74) is 4.90. The van der Waals surface area contributed by atoms with Gasteiger partial charge in [0.15, 0.2) is 0 Å². The summed E-state index contributed by atoms with van der Waals surface area (Å²) < 4.78 is 0. The first-order valence-electron chi connectivity index (χ1n) is 10.1. The number of rotatable bonds is 4. The van der Waals surface area contributed by atoms with Crippen molar-refractivity contribution in [2.75, 3.05) is 0 Å². The lowest BCUT2D eigenvalue weighted by molar-refractivity contribution is -0.394. The van der Waals surface area contributed by atoms with Crippen LogP contribution in [0.25, 0.3) is 17.2 Å².